The van der Waals surface area contributed by atoms with Crippen LogP contribution in [0.3, 0.4) is 0 Å². The molecule has 0 saturated heterocycles. The summed E-state index contributed by atoms with van der Waals surface area (Å²) in [5.41, 5.74) is 23.6. The smallest absolute Gasteiger partial charge is 0.159 e. The van der Waals surface area contributed by atoms with Crippen LogP contribution in [-0.4, -0.2) is 8.80 Å². The Morgan fingerprint density at radius 1 is 0.272 bits per heavy atom. The van der Waals surface area contributed by atoms with Gasteiger partial charge in [-0.2, -0.15) is 0 Å². The molecule has 0 saturated carbocycles. The lowest BCUT2D eigenvalue weighted by atomic mass is 9.86. The number of furan rings is 2. The summed E-state index contributed by atoms with van der Waals surface area (Å²) in [5, 5.41) is 14.0. The predicted octanol–water partition coefficient (Wildman–Crippen LogP) is 24.7. The number of nitrogens with zero attached hydrogens (tertiary/aromatic N) is 4. The Hall–Kier alpha value is -11.3. The lowest BCUT2D eigenvalue weighted by Gasteiger charge is -2.26. The van der Waals surface area contributed by atoms with Gasteiger partial charge in [-0.25, -0.2) is 0 Å². The topological polar surface area (TPSA) is 41.6 Å². The number of anilines is 6. The quantitative estimate of drug-likeness (QED) is 0.152. The molecule has 92 heavy (non-hydrogen) atoms. The third-order valence-electron chi connectivity index (χ3n) is 19.9. The molecule has 0 aliphatic heterocycles. The maximum absolute atomic E-state index is 7.25. The van der Waals surface area contributed by atoms with Crippen LogP contribution in [0.1, 0.15) is 52.7 Å². The average molecular weight is 1180 g/mol. The Morgan fingerprint density at radius 2 is 0.641 bits per heavy atom. The van der Waals surface area contributed by atoms with E-state index in [1.165, 1.54) is 87.3 Å². The van der Waals surface area contributed by atoms with Gasteiger partial charge in [-0.3, -0.25) is 0 Å². The number of para-hydroxylation sites is 6. The van der Waals surface area contributed by atoms with E-state index in [9.17, 15) is 0 Å². The largest absolute Gasteiger partial charge is 0.453 e. The van der Waals surface area contributed by atoms with E-state index in [4.69, 9.17) is 8.83 Å². The lowest BCUT2D eigenvalue weighted by molar-refractivity contribution is 0.591. The molecule has 0 bridgehead atoms. The molecule has 0 spiro atoms. The van der Waals surface area contributed by atoms with Crippen molar-refractivity contribution in [2.24, 2.45) is 0 Å². The molecule has 0 unspecified atom stereocenters. The van der Waals surface area contributed by atoms with Gasteiger partial charge in [-0.15, -0.1) is 0 Å². The van der Waals surface area contributed by atoms with Gasteiger partial charge >= 0.3 is 0 Å². The van der Waals surface area contributed by atoms with Crippen molar-refractivity contribution in [2.75, 3.05) is 9.80 Å². The summed E-state index contributed by atoms with van der Waals surface area (Å²) in [5.74, 6) is 0. The second-order valence-corrected chi connectivity index (χ2v) is 27.2. The predicted molar refractivity (Wildman–Crippen MR) is 388 cm³/mol. The molecule has 19 aromatic rings. The van der Waals surface area contributed by atoms with Crippen molar-refractivity contribution in [1.82, 2.24) is 8.80 Å². The van der Waals surface area contributed by atoms with Gasteiger partial charge in [-0.05, 0) is 118 Å². The van der Waals surface area contributed by atoms with Gasteiger partial charge in [0, 0.05) is 87.1 Å². The number of hydrogen-bond acceptors (Lipinski definition) is 4. The van der Waals surface area contributed by atoms with Crippen LogP contribution >= 0.6 is 0 Å². The SMILES string of the molecule is CC(C)(C)c1ccc2c(c1)c1c(N(c3ccccc3)c3cccc4c3oc3c(-c5ccccc5)cccc34)ccc3c4cc5c(cc4n2c31)c1ccc(N(c2ccccc2)c2cccc3c2oc2c(-c4ccccc4)cccc23)c2c3cc(C(C)(C)C)ccc3n5c12. The summed E-state index contributed by atoms with van der Waals surface area (Å²) < 4.78 is 19.6. The first-order valence-electron chi connectivity index (χ1n) is 32.1. The van der Waals surface area contributed by atoms with Gasteiger partial charge in [0.2, 0.25) is 0 Å². The van der Waals surface area contributed by atoms with Crippen LogP contribution in [0.25, 0.3) is 142 Å². The number of aromatic nitrogens is 2. The molecule has 0 atom stereocenters. The van der Waals surface area contributed by atoms with E-state index < -0.39 is 0 Å². The van der Waals surface area contributed by atoms with Crippen molar-refractivity contribution in [1.29, 1.82) is 0 Å². The molecule has 6 nitrogen and oxygen atoms in total. The molecule has 0 radical (unpaired) electrons. The molecule has 0 aliphatic carbocycles. The van der Waals surface area contributed by atoms with Crippen molar-refractivity contribution in [2.45, 2.75) is 52.4 Å². The summed E-state index contributed by atoms with van der Waals surface area (Å²) in [6.45, 7) is 13.9. The van der Waals surface area contributed by atoms with Crippen LogP contribution in [-0.2, 0) is 10.8 Å². The van der Waals surface area contributed by atoms with Crippen molar-refractivity contribution < 1.29 is 8.83 Å². The van der Waals surface area contributed by atoms with E-state index in [1.54, 1.807) is 0 Å². The van der Waals surface area contributed by atoms with E-state index in [2.05, 4.69) is 327 Å². The molecular formula is C86H62N4O2. The summed E-state index contributed by atoms with van der Waals surface area (Å²) in [4.78, 5) is 4.89. The van der Waals surface area contributed by atoms with Gasteiger partial charge in [0.25, 0.3) is 0 Å². The van der Waals surface area contributed by atoms with Crippen molar-refractivity contribution >= 4 is 154 Å². The Morgan fingerprint density at radius 3 is 1.03 bits per heavy atom. The minimum Gasteiger partial charge on any atom is -0.453 e. The minimum atomic E-state index is -0.0966. The standard InChI is InChI=1S/C86H62N4O2/c1-85(2,3)53-39-43-69-67(47-53)77-71(87(55-27-15-9-16-28-55)73-37-21-35-63-61-33-19-31-57(81(61)91-83(63)73)51-23-11-7-12-24-51)45-41-59-65-50-76-66(49-75(65)89(69)79(59)77)60-42-46-72(78-68-48-54(86(4,5)6)40-44-70(68)90(76)80(60)78)88(56-29-17-10-18-30-56)74-38-22-36-64-62-34-20-32-58(82(62)92-84(64)74)52-25-13-8-14-26-52/h7-50H,1-6H3. The zero-order valence-corrected chi connectivity index (χ0v) is 52.0. The summed E-state index contributed by atoms with van der Waals surface area (Å²) in [6, 6.07) is 98.1. The minimum absolute atomic E-state index is 0.0966. The molecule has 0 fully saturated rings. The van der Waals surface area contributed by atoms with Gasteiger partial charge in [-0.1, -0.05) is 224 Å². The number of fused-ring (bicyclic) bond motifs is 18. The molecule has 438 valence electrons. The number of rotatable bonds is 8. The molecule has 6 heteroatoms. The van der Waals surface area contributed by atoms with E-state index in [0.29, 0.717) is 0 Å². The summed E-state index contributed by atoms with van der Waals surface area (Å²) in [7, 11) is 0. The van der Waals surface area contributed by atoms with Crippen LogP contribution in [0.4, 0.5) is 34.1 Å². The summed E-state index contributed by atoms with van der Waals surface area (Å²) in [6.07, 6.45) is 0. The molecule has 6 heterocycles. The Kier molecular flexibility index (Phi) is 10.9. The highest BCUT2D eigenvalue weighted by Crippen LogP contribution is 2.54. The fourth-order valence-corrected chi connectivity index (χ4v) is 15.5. The monoisotopic (exact) mass is 1180 g/mol. The zero-order valence-electron chi connectivity index (χ0n) is 52.0. The van der Waals surface area contributed by atoms with Crippen LogP contribution in [0, 0.1) is 0 Å². The van der Waals surface area contributed by atoms with Crippen LogP contribution in [0.2, 0.25) is 0 Å². The fourth-order valence-electron chi connectivity index (χ4n) is 15.5. The third-order valence-corrected chi connectivity index (χ3v) is 19.9. The van der Waals surface area contributed by atoms with Gasteiger partial charge < -0.3 is 27.4 Å². The highest BCUT2D eigenvalue weighted by Gasteiger charge is 2.32. The first kappa shape index (κ1) is 52.6. The average Bonchev–Trinajstić information content (AvgIpc) is 1.53. The van der Waals surface area contributed by atoms with E-state index in [-0.39, 0.29) is 10.8 Å². The second-order valence-electron chi connectivity index (χ2n) is 27.2. The van der Waals surface area contributed by atoms with E-state index in [0.717, 1.165) is 100 Å². The third kappa shape index (κ3) is 7.43. The molecule has 0 N–H and O–H groups in total. The Bertz CT molecular complexity index is 5810. The van der Waals surface area contributed by atoms with Crippen molar-refractivity contribution in [3.05, 3.63) is 278 Å². The first-order chi connectivity index (χ1) is 44.9. The Labute approximate surface area is 531 Å². The lowest BCUT2D eigenvalue weighted by Crippen LogP contribution is -2.11. The molecular weight excluding hydrogens is 1120 g/mol. The fraction of sp³-hybridized carbons (Fsp3) is 0.0930. The van der Waals surface area contributed by atoms with E-state index in [1.807, 2.05) is 0 Å². The van der Waals surface area contributed by atoms with Crippen molar-refractivity contribution in [3.63, 3.8) is 0 Å². The van der Waals surface area contributed by atoms with Crippen LogP contribution in [0.15, 0.2) is 276 Å². The zero-order chi connectivity index (χ0) is 61.5. The van der Waals surface area contributed by atoms with Gasteiger partial charge in [0.15, 0.2) is 11.2 Å². The highest BCUT2D eigenvalue weighted by atomic mass is 16.3. The Balaban J connectivity index is 0.886. The number of benzene rings is 13. The van der Waals surface area contributed by atoms with E-state index >= 15 is 0 Å². The van der Waals surface area contributed by atoms with Crippen LogP contribution in [0.5, 0.6) is 0 Å². The van der Waals surface area contributed by atoms with Crippen LogP contribution < -0.4 is 9.80 Å². The maximum Gasteiger partial charge on any atom is 0.159 e. The second kappa shape index (κ2) is 19.1. The number of hydrogen-bond donors (Lipinski definition) is 0. The molecule has 19 rings (SSSR count). The van der Waals surface area contributed by atoms with Gasteiger partial charge in [0.1, 0.15) is 11.2 Å². The normalized spacial score (nSPS) is 12.7. The van der Waals surface area contributed by atoms with Crippen molar-refractivity contribution in [3.8, 4) is 22.3 Å². The maximum atomic E-state index is 7.25. The molecule has 0 aliphatic rings. The molecule has 0 amide bonds. The highest BCUT2D eigenvalue weighted by molar-refractivity contribution is 6.33. The summed E-state index contributed by atoms with van der Waals surface area (Å²) >= 11 is 0. The molecule has 13 aromatic carbocycles. The first-order valence-corrected chi connectivity index (χ1v) is 32.1. The van der Waals surface area contributed by atoms with Gasteiger partial charge in [0.05, 0.1) is 55.8 Å². The molecule has 6 aromatic heterocycles.